The quantitative estimate of drug-likeness (QED) is 0.793. The molecule has 0 aromatic heterocycles. The van der Waals surface area contributed by atoms with Gasteiger partial charge in [0.2, 0.25) is 0 Å². The van der Waals surface area contributed by atoms with Gasteiger partial charge in [-0.15, -0.1) is 0 Å². The van der Waals surface area contributed by atoms with Gasteiger partial charge in [0.1, 0.15) is 11.5 Å². The molecule has 17 heavy (non-hydrogen) atoms. The van der Waals surface area contributed by atoms with Crippen LogP contribution in [0.15, 0.2) is 18.2 Å². The van der Waals surface area contributed by atoms with E-state index in [2.05, 4.69) is 13.8 Å². The fraction of sp³-hybridized carbons (Fsp3) is 0.571. The van der Waals surface area contributed by atoms with Crippen molar-refractivity contribution in [2.75, 3.05) is 13.7 Å². The van der Waals surface area contributed by atoms with Gasteiger partial charge in [-0.2, -0.15) is 0 Å². The molecule has 1 N–H and O–H groups in total. The largest absolute Gasteiger partial charge is 0.497 e. The number of benzene rings is 1. The molecule has 96 valence electrons. The fourth-order valence-electron chi connectivity index (χ4n) is 1.66. The Hall–Kier alpha value is -1.22. The summed E-state index contributed by atoms with van der Waals surface area (Å²) in [4.78, 5) is 0. The maximum Gasteiger partial charge on any atom is 0.128 e. The highest BCUT2D eigenvalue weighted by molar-refractivity contribution is 5.40. The Labute approximate surface area is 103 Å². The summed E-state index contributed by atoms with van der Waals surface area (Å²) in [5, 5.41) is 9.24. The van der Waals surface area contributed by atoms with Crippen LogP contribution in [0.1, 0.15) is 32.3 Å². The molecule has 3 nitrogen and oxygen atoms in total. The van der Waals surface area contributed by atoms with Crippen LogP contribution in [0, 0.1) is 5.92 Å². The number of hydrogen-bond donors (Lipinski definition) is 1. The van der Waals surface area contributed by atoms with Crippen LogP contribution in [-0.4, -0.2) is 18.8 Å². The zero-order valence-corrected chi connectivity index (χ0v) is 10.9. The van der Waals surface area contributed by atoms with Gasteiger partial charge in [0.05, 0.1) is 20.3 Å². The van der Waals surface area contributed by atoms with Crippen molar-refractivity contribution in [2.45, 2.75) is 33.3 Å². The van der Waals surface area contributed by atoms with Crippen molar-refractivity contribution in [1.82, 2.24) is 0 Å². The standard InChI is InChI=1S/C14H22O3/c1-4-11(5-2)10-17-14-8-13(16-3)7-6-12(14)9-15/h6-8,11,15H,4-5,9-10H2,1-3H3. The SMILES string of the molecule is CCC(CC)COc1cc(OC)ccc1CO. The van der Waals surface area contributed by atoms with Crippen LogP contribution in [0.2, 0.25) is 0 Å². The lowest BCUT2D eigenvalue weighted by molar-refractivity contribution is 0.225. The minimum absolute atomic E-state index is 0.0117. The third-order valence-corrected chi connectivity index (χ3v) is 3.07. The minimum Gasteiger partial charge on any atom is -0.497 e. The molecule has 1 rings (SSSR count). The van der Waals surface area contributed by atoms with Gasteiger partial charge in [-0.3, -0.25) is 0 Å². The normalized spacial score (nSPS) is 10.6. The van der Waals surface area contributed by atoms with E-state index >= 15 is 0 Å². The second-order valence-corrected chi connectivity index (χ2v) is 4.13. The second kappa shape index (κ2) is 7.17. The summed E-state index contributed by atoms with van der Waals surface area (Å²) >= 11 is 0. The summed E-state index contributed by atoms with van der Waals surface area (Å²) < 4.78 is 10.9. The van der Waals surface area contributed by atoms with E-state index < -0.39 is 0 Å². The van der Waals surface area contributed by atoms with Gasteiger partial charge >= 0.3 is 0 Å². The van der Waals surface area contributed by atoms with Gasteiger partial charge in [0.25, 0.3) is 0 Å². The Morgan fingerprint density at radius 2 is 1.94 bits per heavy atom. The number of ether oxygens (including phenoxy) is 2. The topological polar surface area (TPSA) is 38.7 Å². The van der Waals surface area contributed by atoms with Crippen molar-refractivity contribution in [3.05, 3.63) is 23.8 Å². The summed E-state index contributed by atoms with van der Waals surface area (Å²) in [6, 6.07) is 5.49. The Morgan fingerprint density at radius 3 is 2.47 bits per heavy atom. The lowest BCUT2D eigenvalue weighted by Gasteiger charge is -2.16. The summed E-state index contributed by atoms with van der Waals surface area (Å²) in [5.41, 5.74) is 0.803. The molecule has 0 atom stereocenters. The molecule has 0 bridgehead atoms. The van der Waals surface area contributed by atoms with Gasteiger partial charge in [0.15, 0.2) is 0 Å². The average Bonchev–Trinajstić information content (AvgIpc) is 2.39. The first-order valence-electron chi connectivity index (χ1n) is 6.15. The number of hydrogen-bond acceptors (Lipinski definition) is 3. The molecule has 0 unspecified atom stereocenters. The molecular weight excluding hydrogens is 216 g/mol. The van der Waals surface area contributed by atoms with E-state index in [9.17, 15) is 5.11 Å². The third kappa shape index (κ3) is 3.93. The molecule has 1 aromatic rings. The zero-order valence-electron chi connectivity index (χ0n) is 10.9. The van der Waals surface area contributed by atoms with E-state index in [4.69, 9.17) is 9.47 Å². The Morgan fingerprint density at radius 1 is 1.24 bits per heavy atom. The van der Waals surface area contributed by atoms with E-state index in [1.807, 2.05) is 18.2 Å². The minimum atomic E-state index is -0.0117. The smallest absolute Gasteiger partial charge is 0.128 e. The molecule has 0 saturated heterocycles. The van der Waals surface area contributed by atoms with E-state index in [0.717, 1.165) is 29.9 Å². The van der Waals surface area contributed by atoms with Crippen molar-refractivity contribution in [3.63, 3.8) is 0 Å². The molecule has 0 aliphatic carbocycles. The second-order valence-electron chi connectivity index (χ2n) is 4.13. The van der Waals surface area contributed by atoms with Crippen molar-refractivity contribution >= 4 is 0 Å². The van der Waals surface area contributed by atoms with E-state index in [1.165, 1.54) is 0 Å². The van der Waals surface area contributed by atoms with Crippen molar-refractivity contribution < 1.29 is 14.6 Å². The van der Waals surface area contributed by atoms with E-state index in [0.29, 0.717) is 12.5 Å². The summed E-state index contributed by atoms with van der Waals surface area (Å²) in [7, 11) is 1.62. The van der Waals surface area contributed by atoms with Gasteiger partial charge in [0, 0.05) is 11.6 Å². The molecule has 0 saturated carbocycles. The highest BCUT2D eigenvalue weighted by atomic mass is 16.5. The average molecular weight is 238 g/mol. The molecular formula is C14H22O3. The highest BCUT2D eigenvalue weighted by Crippen LogP contribution is 2.25. The Bertz CT molecular complexity index is 332. The zero-order chi connectivity index (χ0) is 12.7. The molecule has 3 heteroatoms. The van der Waals surface area contributed by atoms with Crippen LogP contribution in [0.25, 0.3) is 0 Å². The molecule has 0 aliphatic rings. The summed E-state index contributed by atoms with van der Waals surface area (Å²) in [6.45, 7) is 5.00. The first-order valence-corrected chi connectivity index (χ1v) is 6.15. The number of aliphatic hydroxyl groups excluding tert-OH is 1. The monoisotopic (exact) mass is 238 g/mol. The van der Waals surface area contributed by atoms with Gasteiger partial charge in [-0.1, -0.05) is 26.7 Å². The molecule has 0 spiro atoms. The lowest BCUT2D eigenvalue weighted by atomic mass is 10.1. The first kappa shape index (κ1) is 13.8. The number of methoxy groups -OCH3 is 1. The van der Waals surface area contributed by atoms with Crippen LogP contribution in [0.4, 0.5) is 0 Å². The summed E-state index contributed by atoms with van der Waals surface area (Å²) in [6.07, 6.45) is 2.21. The van der Waals surface area contributed by atoms with Crippen molar-refractivity contribution in [3.8, 4) is 11.5 Å². The Kier molecular flexibility index (Phi) is 5.84. The van der Waals surface area contributed by atoms with Crippen LogP contribution >= 0.6 is 0 Å². The van der Waals surface area contributed by atoms with Crippen LogP contribution in [0.5, 0.6) is 11.5 Å². The Balaban J connectivity index is 2.73. The predicted octanol–water partition coefficient (Wildman–Crippen LogP) is 3.00. The molecule has 0 heterocycles. The maximum atomic E-state index is 9.24. The number of aliphatic hydroxyl groups is 1. The number of rotatable bonds is 7. The molecule has 0 radical (unpaired) electrons. The first-order chi connectivity index (χ1) is 8.24. The third-order valence-electron chi connectivity index (χ3n) is 3.07. The fourth-order valence-corrected chi connectivity index (χ4v) is 1.66. The van der Waals surface area contributed by atoms with Crippen molar-refractivity contribution in [2.24, 2.45) is 5.92 Å². The van der Waals surface area contributed by atoms with Crippen molar-refractivity contribution in [1.29, 1.82) is 0 Å². The summed E-state index contributed by atoms with van der Waals surface area (Å²) in [5.74, 6) is 2.04. The molecule has 0 amide bonds. The highest BCUT2D eigenvalue weighted by Gasteiger charge is 2.08. The van der Waals surface area contributed by atoms with Crippen LogP contribution in [0.3, 0.4) is 0 Å². The van der Waals surface area contributed by atoms with E-state index in [-0.39, 0.29) is 6.61 Å². The van der Waals surface area contributed by atoms with Gasteiger partial charge in [-0.05, 0) is 18.1 Å². The molecule has 0 aliphatic heterocycles. The van der Waals surface area contributed by atoms with Crippen LogP contribution < -0.4 is 9.47 Å². The van der Waals surface area contributed by atoms with Gasteiger partial charge in [-0.25, -0.2) is 0 Å². The molecule has 0 fully saturated rings. The van der Waals surface area contributed by atoms with Crippen LogP contribution in [-0.2, 0) is 6.61 Å². The van der Waals surface area contributed by atoms with Gasteiger partial charge < -0.3 is 14.6 Å². The molecule has 1 aromatic carbocycles. The van der Waals surface area contributed by atoms with E-state index in [1.54, 1.807) is 7.11 Å². The lowest BCUT2D eigenvalue weighted by Crippen LogP contribution is -2.11. The predicted molar refractivity (Wildman–Crippen MR) is 68.5 cm³/mol. The maximum absolute atomic E-state index is 9.24.